The highest BCUT2D eigenvalue weighted by molar-refractivity contribution is 7.89. The van der Waals surface area contributed by atoms with E-state index >= 15 is 0 Å². The highest BCUT2D eigenvalue weighted by Crippen LogP contribution is 2.25. The van der Waals surface area contributed by atoms with Crippen LogP contribution in [0.25, 0.3) is 0 Å². The Hall–Kier alpha value is -2.60. The van der Waals surface area contributed by atoms with E-state index in [-0.39, 0.29) is 41.5 Å². The largest absolute Gasteiger partial charge is 0.573 e. The molecule has 2 aromatic rings. The van der Waals surface area contributed by atoms with Gasteiger partial charge >= 0.3 is 6.36 Å². The van der Waals surface area contributed by atoms with E-state index < -0.39 is 28.0 Å². The summed E-state index contributed by atoms with van der Waals surface area (Å²) in [6.07, 6.45) is -4.41. The van der Waals surface area contributed by atoms with Crippen LogP contribution in [0.15, 0.2) is 33.7 Å². The number of nitrogens with zero attached hydrogens (tertiary/aromatic N) is 3. The van der Waals surface area contributed by atoms with E-state index in [0.29, 0.717) is 13.0 Å². The molecule has 1 aromatic carbocycles. The fraction of sp³-hybridized carbons (Fsp3) is 0.444. The van der Waals surface area contributed by atoms with Gasteiger partial charge in [0.05, 0.1) is 0 Å². The lowest BCUT2D eigenvalue weighted by atomic mass is 10.2. The van der Waals surface area contributed by atoms with E-state index in [2.05, 4.69) is 9.89 Å². The average Bonchev–Trinajstić information content (AvgIpc) is 2.86. The fourth-order valence-electron chi connectivity index (χ4n) is 3.29. The molecular formula is C18H20F3N3O5S. The Kier molecular flexibility index (Phi) is 6.09. The lowest BCUT2D eigenvalue weighted by Gasteiger charge is -2.22. The van der Waals surface area contributed by atoms with E-state index in [9.17, 15) is 26.4 Å². The number of amides is 1. The summed E-state index contributed by atoms with van der Waals surface area (Å²) in [5.74, 6) is -0.623. The number of hydrogen-bond acceptors (Lipinski definition) is 6. The minimum absolute atomic E-state index is 0.0301. The van der Waals surface area contributed by atoms with Crippen LogP contribution >= 0.6 is 0 Å². The van der Waals surface area contributed by atoms with Crippen molar-refractivity contribution in [3.05, 3.63) is 41.3 Å². The Morgan fingerprint density at radius 2 is 1.77 bits per heavy atom. The number of alkyl halides is 3. The van der Waals surface area contributed by atoms with E-state index in [4.69, 9.17) is 4.52 Å². The van der Waals surface area contributed by atoms with Gasteiger partial charge in [-0.3, -0.25) is 4.79 Å². The van der Waals surface area contributed by atoms with Gasteiger partial charge in [0.15, 0.2) is 5.76 Å². The molecule has 2 heterocycles. The number of sulfonamides is 1. The monoisotopic (exact) mass is 447 g/mol. The van der Waals surface area contributed by atoms with Gasteiger partial charge in [-0.1, -0.05) is 5.16 Å². The van der Waals surface area contributed by atoms with Crippen molar-refractivity contribution in [3.8, 4) is 5.75 Å². The molecule has 0 aliphatic carbocycles. The predicted molar refractivity (Wildman–Crippen MR) is 98.4 cm³/mol. The Morgan fingerprint density at radius 3 is 2.33 bits per heavy atom. The molecule has 3 rings (SSSR count). The number of halogens is 3. The summed E-state index contributed by atoms with van der Waals surface area (Å²) in [5.41, 5.74) is 0.456. The zero-order chi connectivity index (χ0) is 22.1. The minimum Gasteiger partial charge on any atom is -0.406 e. The van der Waals surface area contributed by atoms with Gasteiger partial charge in [0.25, 0.3) is 5.91 Å². The topological polar surface area (TPSA) is 93.0 Å². The van der Waals surface area contributed by atoms with Gasteiger partial charge in [0.2, 0.25) is 10.0 Å². The highest BCUT2D eigenvalue weighted by Gasteiger charge is 2.33. The second-order valence-corrected chi connectivity index (χ2v) is 8.65. The van der Waals surface area contributed by atoms with Crippen LogP contribution in [0.3, 0.4) is 0 Å². The summed E-state index contributed by atoms with van der Waals surface area (Å²) in [5, 5.41) is 3.69. The van der Waals surface area contributed by atoms with Crippen LogP contribution in [0.2, 0.25) is 0 Å². The molecule has 0 radical (unpaired) electrons. The highest BCUT2D eigenvalue weighted by atomic mass is 32.2. The molecule has 12 heteroatoms. The number of ether oxygens (including phenoxy) is 1. The molecule has 1 amide bonds. The molecule has 0 unspecified atom stereocenters. The molecule has 1 aliphatic heterocycles. The molecule has 30 heavy (non-hydrogen) atoms. The third kappa shape index (κ3) is 4.75. The summed E-state index contributed by atoms with van der Waals surface area (Å²) < 4.78 is 72.7. The van der Waals surface area contributed by atoms with Crippen LogP contribution in [-0.2, 0) is 10.0 Å². The van der Waals surface area contributed by atoms with Crippen molar-refractivity contribution in [2.24, 2.45) is 0 Å². The summed E-state index contributed by atoms with van der Waals surface area (Å²) >= 11 is 0. The van der Waals surface area contributed by atoms with Crippen LogP contribution in [-0.4, -0.2) is 61.2 Å². The third-order valence-corrected chi connectivity index (χ3v) is 6.79. The first-order valence-electron chi connectivity index (χ1n) is 9.07. The Bertz CT molecular complexity index is 999. The first-order chi connectivity index (χ1) is 14.0. The van der Waals surface area contributed by atoms with E-state index in [1.165, 1.54) is 28.3 Å². The van der Waals surface area contributed by atoms with Gasteiger partial charge in [-0.25, -0.2) is 8.42 Å². The number of benzene rings is 1. The first-order valence-corrected chi connectivity index (χ1v) is 10.5. The number of aromatic nitrogens is 1. The van der Waals surface area contributed by atoms with Gasteiger partial charge in [0.1, 0.15) is 16.3 Å². The number of carbonyl (C=O) groups is 1. The SMILES string of the molecule is Cc1noc(C)c1S(=O)(=O)N1CCCN(C(=O)c2ccc(OC(F)(F)F)cc2)CC1. The van der Waals surface area contributed by atoms with Crippen LogP contribution in [0.1, 0.15) is 28.2 Å². The van der Waals surface area contributed by atoms with Crippen molar-refractivity contribution in [1.29, 1.82) is 0 Å². The Labute approximate surface area is 171 Å². The zero-order valence-electron chi connectivity index (χ0n) is 16.3. The van der Waals surface area contributed by atoms with Crippen LogP contribution in [0.4, 0.5) is 13.2 Å². The quantitative estimate of drug-likeness (QED) is 0.716. The number of carbonyl (C=O) groups excluding carboxylic acids is 1. The van der Waals surface area contributed by atoms with Crippen molar-refractivity contribution >= 4 is 15.9 Å². The van der Waals surface area contributed by atoms with Crippen molar-refractivity contribution in [1.82, 2.24) is 14.4 Å². The molecule has 1 aromatic heterocycles. The molecule has 0 atom stereocenters. The number of rotatable bonds is 4. The average molecular weight is 447 g/mol. The Morgan fingerprint density at radius 1 is 1.10 bits per heavy atom. The maximum Gasteiger partial charge on any atom is 0.573 e. The molecule has 0 spiro atoms. The summed E-state index contributed by atoms with van der Waals surface area (Å²) in [6.45, 7) is 3.81. The lowest BCUT2D eigenvalue weighted by Crippen LogP contribution is -2.37. The number of aryl methyl sites for hydroxylation is 2. The first kappa shape index (κ1) is 22.1. The standard InChI is InChI=1S/C18H20F3N3O5S/c1-12-16(13(2)29-22-12)30(26,27)24-9-3-8-23(10-11-24)17(25)14-4-6-15(7-5-14)28-18(19,20)21/h4-7H,3,8-11H2,1-2H3. The maximum atomic E-state index is 13.0. The molecular weight excluding hydrogens is 427 g/mol. The van der Waals surface area contributed by atoms with Gasteiger partial charge < -0.3 is 14.2 Å². The minimum atomic E-state index is -4.81. The van der Waals surface area contributed by atoms with Crippen LogP contribution < -0.4 is 4.74 Å². The maximum absolute atomic E-state index is 13.0. The summed E-state index contributed by atoms with van der Waals surface area (Å²) in [6, 6.07) is 4.61. The van der Waals surface area contributed by atoms with Crippen molar-refractivity contribution in [3.63, 3.8) is 0 Å². The van der Waals surface area contributed by atoms with E-state index in [1.54, 1.807) is 6.92 Å². The van der Waals surface area contributed by atoms with E-state index in [1.807, 2.05) is 0 Å². The summed E-state index contributed by atoms with van der Waals surface area (Å²) in [7, 11) is -3.82. The van der Waals surface area contributed by atoms with Gasteiger partial charge in [-0.05, 0) is 44.5 Å². The Balaban J connectivity index is 1.70. The molecule has 164 valence electrons. The van der Waals surface area contributed by atoms with Crippen molar-refractivity contribution in [2.75, 3.05) is 26.2 Å². The van der Waals surface area contributed by atoms with Gasteiger partial charge in [-0.15, -0.1) is 13.2 Å². The van der Waals surface area contributed by atoms with Gasteiger partial charge in [-0.2, -0.15) is 4.31 Å². The molecule has 1 saturated heterocycles. The third-order valence-electron chi connectivity index (χ3n) is 4.64. The van der Waals surface area contributed by atoms with Crippen LogP contribution in [0.5, 0.6) is 5.75 Å². The van der Waals surface area contributed by atoms with E-state index in [0.717, 1.165) is 12.1 Å². The number of hydrogen-bond donors (Lipinski definition) is 0. The molecule has 1 aliphatic rings. The second kappa shape index (κ2) is 8.26. The van der Waals surface area contributed by atoms with Gasteiger partial charge in [0, 0.05) is 31.7 Å². The lowest BCUT2D eigenvalue weighted by molar-refractivity contribution is -0.274. The zero-order valence-corrected chi connectivity index (χ0v) is 17.1. The predicted octanol–water partition coefficient (Wildman–Crippen LogP) is 2.73. The van der Waals surface area contributed by atoms with Crippen molar-refractivity contribution < 1.29 is 35.6 Å². The molecule has 0 bridgehead atoms. The smallest absolute Gasteiger partial charge is 0.406 e. The molecule has 0 N–H and O–H groups in total. The second-order valence-electron chi connectivity index (χ2n) is 6.78. The molecule has 0 saturated carbocycles. The fourth-order valence-corrected chi connectivity index (χ4v) is 5.05. The van der Waals surface area contributed by atoms with Crippen molar-refractivity contribution in [2.45, 2.75) is 31.5 Å². The summed E-state index contributed by atoms with van der Waals surface area (Å²) in [4.78, 5) is 14.2. The van der Waals surface area contributed by atoms with Crippen LogP contribution in [0, 0.1) is 13.8 Å². The normalized spacial score (nSPS) is 16.4. The molecule has 1 fully saturated rings. The molecule has 8 nitrogen and oxygen atoms in total.